The maximum absolute atomic E-state index is 13.8. The fourth-order valence-electron chi connectivity index (χ4n) is 2.58. The first kappa shape index (κ1) is 17.8. The second-order valence-corrected chi connectivity index (χ2v) is 5.98. The summed E-state index contributed by atoms with van der Waals surface area (Å²) in [5, 5.41) is 6.05. The Morgan fingerprint density at radius 1 is 0.962 bits per heavy atom. The van der Waals surface area contributed by atoms with Crippen molar-refractivity contribution in [2.45, 2.75) is 19.8 Å². The molecule has 0 spiro atoms. The molecule has 0 saturated heterocycles. The molecule has 0 aliphatic carbocycles. The van der Waals surface area contributed by atoms with Gasteiger partial charge in [0.2, 0.25) is 5.95 Å². The zero-order valence-electron chi connectivity index (χ0n) is 14.5. The van der Waals surface area contributed by atoms with Crippen LogP contribution in [-0.2, 0) is 6.42 Å². The van der Waals surface area contributed by atoms with Crippen LogP contribution < -0.4 is 10.6 Å². The first-order valence-electron chi connectivity index (χ1n) is 8.46. The number of benzene rings is 2. The molecule has 0 bridgehead atoms. The maximum Gasteiger partial charge on any atom is 0.224 e. The third-order valence-electron chi connectivity index (χ3n) is 3.82. The molecule has 1 aromatic heterocycles. The van der Waals surface area contributed by atoms with Gasteiger partial charge in [-0.15, -0.1) is 0 Å². The first-order valence-corrected chi connectivity index (χ1v) is 8.46. The van der Waals surface area contributed by atoms with Gasteiger partial charge in [0, 0.05) is 24.4 Å². The molecule has 4 nitrogen and oxygen atoms in total. The predicted octanol–water partition coefficient (Wildman–Crippen LogP) is 4.85. The second-order valence-electron chi connectivity index (χ2n) is 5.98. The van der Waals surface area contributed by atoms with Crippen molar-refractivity contribution in [3.8, 4) is 0 Å². The van der Waals surface area contributed by atoms with E-state index in [4.69, 9.17) is 0 Å². The third kappa shape index (κ3) is 4.99. The molecular formula is C20H20F2N4. The molecule has 0 radical (unpaired) electrons. The smallest absolute Gasteiger partial charge is 0.224 e. The minimum absolute atomic E-state index is 0.166. The van der Waals surface area contributed by atoms with Crippen LogP contribution in [0.1, 0.15) is 17.7 Å². The highest BCUT2D eigenvalue weighted by molar-refractivity contribution is 5.58. The van der Waals surface area contributed by atoms with Gasteiger partial charge in [0.15, 0.2) is 0 Å². The van der Waals surface area contributed by atoms with Crippen molar-refractivity contribution in [1.29, 1.82) is 0 Å². The van der Waals surface area contributed by atoms with Crippen LogP contribution in [0, 0.1) is 18.6 Å². The van der Waals surface area contributed by atoms with Crippen molar-refractivity contribution in [1.82, 2.24) is 9.97 Å². The zero-order chi connectivity index (χ0) is 18.4. The lowest BCUT2D eigenvalue weighted by atomic mass is 10.1. The summed E-state index contributed by atoms with van der Waals surface area (Å²) in [6.45, 7) is 2.56. The van der Waals surface area contributed by atoms with E-state index in [0.717, 1.165) is 31.1 Å². The summed E-state index contributed by atoms with van der Waals surface area (Å²) < 4.78 is 26.8. The van der Waals surface area contributed by atoms with Crippen molar-refractivity contribution >= 4 is 17.5 Å². The minimum Gasteiger partial charge on any atom is -0.354 e. The van der Waals surface area contributed by atoms with E-state index in [0.29, 0.717) is 11.8 Å². The predicted molar refractivity (Wildman–Crippen MR) is 99.7 cm³/mol. The van der Waals surface area contributed by atoms with Gasteiger partial charge in [-0.1, -0.05) is 30.3 Å². The first-order chi connectivity index (χ1) is 12.6. The molecule has 0 aliphatic rings. The van der Waals surface area contributed by atoms with Crippen LogP contribution in [0.3, 0.4) is 0 Å². The van der Waals surface area contributed by atoms with Crippen LogP contribution in [0.25, 0.3) is 0 Å². The molecule has 26 heavy (non-hydrogen) atoms. The van der Waals surface area contributed by atoms with E-state index < -0.39 is 11.6 Å². The van der Waals surface area contributed by atoms with E-state index in [9.17, 15) is 8.78 Å². The number of halogens is 2. The number of aromatic nitrogens is 2. The van der Waals surface area contributed by atoms with Gasteiger partial charge in [-0.05, 0) is 37.5 Å². The number of hydrogen-bond donors (Lipinski definition) is 2. The van der Waals surface area contributed by atoms with Gasteiger partial charge in [-0.2, -0.15) is 4.98 Å². The molecule has 0 aliphatic heterocycles. The summed E-state index contributed by atoms with van der Waals surface area (Å²) in [5.41, 5.74) is 2.20. The molecule has 3 rings (SSSR count). The zero-order valence-corrected chi connectivity index (χ0v) is 14.5. The van der Waals surface area contributed by atoms with Gasteiger partial charge in [0.05, 0.1) is 5.69 Å². The van der Waals surface area contributed by atoms with Crippen molar-refractivity contribution in [3.05, 3.63) is 77.5 Å². The molecule has 6 heteroatoms. The Labute approximate surface area is 151 Å². The van der Waals surface area contributed by atoms with Crippen LogP contribution in [0.5, 0.6) is 0 Å². The number of nitrogens with one attached hydrogen (secondary N) is 2. The fourth-order valence-corrected chi connectivity index (χ4v) is 2.58. The van der Waals surface area contributed by atoms with Crippen molar-refractivity contribution < 1.29 is 8.78 Å². The number of aryl methyl sites for hydroxylation is 2. The van der Waals surface area contributed by atoms with Crippen LogP contribution in [0.15, 0.2) is 54.6 Å². The number of hydrogen-bond acceptors (Lipinski definition) is 4. The molecule has 0 saturated carbocycles. The highest BCUT2D eigenvalue weighted by Crippen LogP contribution is 2.20. The van der Waals surface area contributed by atoms with Gasteiger partial charge in [-0.3, -0.25) is 0 Å². The fraction of sp³-hybridized carbons (Fsp3) is 0.200. The number of anilines is 3. The monoisotopic (exact) mass is 354 g/mol. The highest BCUT2D eigenvalue weighted by atomic mass is 19.1. The maximum atomic E-state index is 13.8. The van der Waals surface area contributed by atoms with Gasteiger partial charge >= 0.3 is 0 Å². The number of rotatable bonds is 7. The van der Waals surface area contributed by atoms with E-state index in [1.807, 2.05) is 25.1 Å². The highest BCUT2D eigenvalue weighted by Gasteiger charge is 2.07. The second kappa shape index (κ2) is 8.38. The van der Waals surface area contributed by atoms with Crippen LogP contribution in [-0.4, -0.2) is 16.5 Å². The van der Waals surface area contributed by atoms with Crippen LogP contribution in [0.4, 0.5) is 26.2 Å². The summed E-state index contributed by atoms with van der Waals surface area (Å²) in [6.07, 6.45) is 1.90. The summed E-state index contributed by atoms with van der Waals surface area (Å²) in [7, 11) is 0. The van der Waals surface area contributed by atoms with Crippen LogP contribution in [0.2, 0.25) is 0 Å². The SMILES string of the molecule is Cc1cc(Nc2ccc(F)cc2F)nc(NCCCc2ccccc2)n1. The Hall–Kier alpha value is -3.02. The Morgan fingerprint density at radius 3 is 2.54 bits per heavy atom. The molecule has 0 atom stereocenters. The lowest BCUT2D eigenvalue weighted by Crippen LogP contribution is -2.08. The average Bonchev–Trinajstić information content (AvgIpc) is 2.62. The summed E-state index contributed by atoms with van der Waals surface area (Å²) in [6, 6.07) is 15.3. The largest absolute Gasteiger partial charge is 0.354 e. The standard InChI is InChI=1S/C20H20F2N4/c1-14-12-19(25-18-10-9-16(21)13-17(18)22)26-20(24-14)23-11-5-8-15-6-3-2-4-7-15/h2-4,6-7,9-10,12-13H,5,8,11H2,1H3,(H2,23,24,25,26). The summed E-state index contributed by atoms with van der Waals surface area (Å²) >= 11 is 0. The van der Waals surface area contributed by atoms with E-state index in [-0.39, 0.29) is 5.69 Å². The van der Waals surface area contributed by atoms with Crippen LogP contribution >= 0.6 is 0 Å². The molecule has 3 aromatic rings. The van der Waals surface area contributed by atoms with E-state index in [1.54, 1.807) is 6.07 Å². The Bertz CT molecular complexity index is 869. The van der Waals surface area contributed by atoms with Crippen molar-refractivity contribution in [2.75, 3.05) is 17.2 Å². The van der Waals surface area contributed by atoms with Crippen molar-refractivity contribution in [3.63, 3.8) is 0 Å². The normalized spacial score (nSPS) is 10.6. The van der Waals surface area contributed by atoms with E-state index in [2.05, 4.69) is 32.7 Å². The van der Waals surface area contributed by atoms with E-state index >= 15 is 0 Å². The van der Waals surface area contributed by atoms with Gasteiger partial charge in [-0.25, -0.2) is 13.8 Å². The van der Waals surface area contributed by atoms with Gasteiger partial charge < -0.3 is 10.6 Å². The Balaban J connectivity index is 1.60. The molecule has 0 unspecified atom stereocenters. The quantitative estimate of drug-likeness (QED) is 0.596. The summed E-state index contributed by atoms with van der Waals surface area (Å²) in [5.74, 6) is -0.358. The molecule has 0 fully saturated rings. The van der Waals surface area contributed by atoms with Gasteiger partial charge in [0.1, 0.15) is 17.5 Å². The minimum atomic E-state index is -0.668. The molecule has 0 amide bonds. The molecule has 134 valence electrons. The molecule has 1 heterocycles. The lowest BCUT2D eigenvalue weighted by molar-refractivity contribution is 0.586. The van der Waals surface area contributed by atoms with Crippen molar-refractivity contribution in [2.24, 2.45) is 0 Å². The number of nitrogens with zero attached hydrogens (tertiary/aromatic N) is 2. The topological polar surface area (TPSA) is 49.8 Å². The molecule has 2 N–H and O–H groups in total. The van der Waals surface area contributed by atoms with Gasteiger partial charge in [0.25, 0.3) is 0 Å². The third-order valence-corrected chi connectivity index (χ3v) is 3.82. The lowest BCUT2D eigenvalue weighted by Gasteiger charge is -2.10. The Kier molecular flexibility index (Phi) is 5.73. The van der Waals surface area contributed by atoms with E-state index in [1.165, 1.54) is 17.7 Å². The molecular weight excluding hydrogens is 334 g/mol. The summed E-state index contributed by atoms with van der Waals surface area (Å²) in [4.78, 5) is 8.68. The average molecular weight is 354 g/mol. The Morgan fingerprint density at radius 2 is 1.77 bits per heavy atom. The molecule has 2 aromatic carbocycles.